The fourth-order valence-electron chi connectivity index (χ4n) is 0.774. The molecule has 0 aliphatic heterocycles. The van der Waals surface area contributed by atoms with E-state index >= 15 is 0 Å². The molecule has 1 amide bonds. The van der Waals surface area contributed by atoms with E-state index in [0.29, 0.717) is 17.4 Å². The van der Waals surface area contributed by atoms with Gasteiger partial charge in [-0.15, -0.1) is 0 Å². The van der Waals surface area contributed by atoms with Crippen LogP contribution < -0.4 is 5.32 Å². The SMILES string of the molecule is O=CNc1ncc(-c2ncon2)s1. The Balaban J connectivity index is 2.28. The molecule has 0 spiro atoms. The molecule has 1 N–H and O–H groups in total. The Labute approximate surface area is 76.6 Å². The second-order valence-electron chi connectivity index (χ2n) is 2.05. The number of anilines is 1. The fourth-order valence-corrected chi connectivity index (χ4v) is 1.48. The molecule has 0 radical (unpaired) electrons. The summed E-state index contributed by atoms with van der Waals surface area (Å²) in [5.74, 6) is 0.469. The Morgan fingerprint density at radius 1 is 1.54 bits per heavy atom. The van der Waals surface area contributed by atoms with Crippen LogP contribution in [0.3, 0.4) is 0 Å². The van der Waals surface area contributed by atoms with Crippen molar-refractivity contribution in [1.29, 1.82) is 0 Å². The van der Waals surface area contributed by atoms with Crippen molar-refractivity contribution >= 4 is 22.9 Å². The number of carbonyl (C=O) groups is 1. The molecule has 0 unspecified atom stereocenters. The predicted molar refractivity (Wildman–Crippen MR) is 45.1 cm³/mol. The molecule has 0 saturated carbocycles. The van der Waals surface area contributed by atoms with Crippen LogP contribution in [0.4, 0.5) is 5.13 Å². The van der Waals surface area contributed by atoms with Gasteiger partial charge in [0, 0.05) is 0 Å². The van der Waals surface area contributed by atoms with Crippen molar-refractivity contribution in [3.8, 4) is 10.7 Å². The van der Waals surface area contributed by atoms with E-state index in [-0.39, 0.29) is 0 Å². The first kappa shape index (κ1) is 7.87. The molecule has 66 valence electrons. The van der Waals surface area contributed by atoms with E-state index in [0.717, 1.165) is 4.88 Å². The van der Waals surface area contributed by atoms with Gasteiger partial charge in [-0.3, -0.25) is 4.79 Å². The van der Waals surface area contributed by atoms with Crippen molar-refractivity contribution in [2.75, 3.05) is 5.32 Å². The largest absolute Gasteiger partial charge is 0.342 e. The van der Waals surface area contributed by atoms with Crippen molar-refractivity contribution in [3.05, 3.63) is 12.6 Å². The molecule has 0 bridgehead atoms. The van der Waals surface area contributed by atoms with Crippen LogP contribution in [-0.4, -0.2) is 21.5 Å². The number of thiazole rings is 1. The lowest BCUT2D eigenvalue weighted by molar-refractivity contribution is -0.105. The summed E-state index contributed by atoms with van der Waals surface area (Å²) in [6.45, 7) is 0. The van der Waals surface area contributed by atoms with Gasteiger partial charge in [0.25, 0.3) is 0 Å². The lowest BCUT2D eigenvalue weighted by atomic mass is 10.5. The van der Waals surface area contributed by atoms with Crippen LogP contribution in [0.5, 0.6) is 0 Å². The minimum Gasteiger partial charge on any atom is -0.342 e. The summed E-state index contributed by atoms with van der Waals surface area (Å²) in [4.78, 5) is 18.6. The van der Waals surface area contributed by atoms with E-state index in [9.17, 15) is 4.79 Å². The zero-order valence-corrected chi connectivity index (χ0v) is 7.11. The molecule has 2 aromatic heterocycles. The van der Waals surface area contributed by atoms with Gasteiger partial charge in [-0.05, 0) is 0 Å². The first-order valence-electron chi connectivity index (χ1n) is 3.33. The first-order valence-corrected chi connectivity index (χ1v) is 4.14. The quantitative estimate of drug-likeness (QED) is 0.733. The van der Waals surface area contributed by atoms with Crippen LogP contribution in [0.25, 0.3) is 10.7 Å². The highest BCUT2D eigenvalue weighted by atomic mass is 32.1. The maximum absolute atomic E-state index is 10.1. The van der Waals surface area contributed by atoms with Gasteiger partial charge in [0.05, 0.1) is 11.1 Å². The van der Waals surface area contributed by atoms with Crippen LogP contribution in [0.1, 0.15) is 0 Å². The molecular weight excluding hydrogens is 192 g/mol. The monoisotopic (exact) mass is 196 g/mol. The minimum atomic E-state index is 0.469. The average Bonchev–Trinajstić information content (AvgIpc) is 2.70. The fraction of sp³-hybridized carbons (Fsp3) is 0. The zero-order chi connectivity index (χ0) is 9.10. The number of hydrogen-bond donors (Lipinski definition) is 1. The van der Waals surface area contributed by atoms with Crippen molar-refractivity contribution in [2.24, 2.45) is 0 Å². The number of nitrogens with zero attached hydrogens (tertiary/aromatic N) is 3. The molecule has 0 aromatic carbocycles. The van der Waals surface area contributed by atoms with Crippen molar-refractivity contribution in [3.63, 3.8) is 0 Å². The number of amides is 1. The molecular formula is C6H4N4O2S. The number of hydrogen-bond acceptors (Lipinski definition) is 6. The summed E-state index contributed by atoms with van der Waals surface area (Å²) in [5, 5.41) is 6.57. The molecule has 13 heavy (non-hydrogen) atoms. The Morgan fingerprint density at radius 3 is 3.15 bits per heavy atom. The third-order valence-corrected chi connectivity index (χ3v) is 2.19. The van der Waals surface area contributed by atoms with E-state index in [2.05, 4.69) is 25.0 Å². The van der Waals surface area contributed by atoms with Gasteiger partial charge in [0.1, 0.15) is 0 Å². The highest BCUT2D eigenvalue weighted by Gasteiger charge is 2.07. The summed E-state index contributed by atoms with van der Waals surface area (Å²) in [6.07, 6.45) is 3.38. The molecule has 0 aliphatic carbocycles. The maximum Gasteiger partial charge on any atom is 0.214 e. The molecule has 2 heterocycles. The summed E-state index contributed by atoms with van der Waals surface area (Å²) < 4.78 is 4.57. The molecule has 0 saturated heterocycles. The van der Waals surface area contributed by atoms with Crippen molar-refractivity contribution in [1.82, 2.24) is 15.1 Å². The smallest absolute Gasteiger partial charge is 0.214 e. The van der Waals surface area contributed by atoms with Crippen LogP contribution >= 0.6 is 11.3 Å². The Hall–Kier alpha value is -1.76. The Morgan fingerprint density at radius 2 is 2.46 bits per heavy atom. The lowest BCUT2D eigenvalue weighted by Crippen LogP contribution is -1.90. The van der Waals surface area contributed by atoms with Gasteiger partial charge in [-0.25, -0.2) is 4.98 Å². The Bertz CT molecular complexity index is 396. The van der Waals surface area contributed by atoms with Gasteiger partial charge >= 0.3 is 0 Å². The minimum absolute atomic E-state index is 0.469. The second kappa shape index (κ2) is 3.31. The van der Waals surface area contributed by atoms with E-state index < -0.39 is 0 Å². The third-order valence-electron chi connectivity index (χ3n) is 1.27. The van der Waals surface area contributed by atoms with Crippen molar-refractivity contribution in [2.45, 2.75) is 0 Å². The first-order chi connectivity index (χ1) is 6.40. The van der Waals surface area contributed by atoms with E-state index in [1.807, 2.05) is 0 Å². The van der Waals surface area contributed by atoms with E-state index in [1.54, 1.807) is 6.20 Å². The number of nitrogens with one attached hydrogen (secondary N) is 1. The molecule has 0 fully saturated rings. The summed E-state index contributed by atoms with van der Waals surface area (Å²) in [6, 6.07) is 0. The van der Waals surface area contributed by atoms with Crippen LogP contribution in [-0.2, 0) is 4.79 Å². The van der Waals surface area contributed by atoms with Crippen LogP contribution in [0, 0.1) is 0 Å². The second-order valence-corrected chi connectivity index (χ2v) is 3.08. The molecule has 6 nitrogen and oxygen atoms in total. The molecule has 2 aromatic rings. The number of carbonyl (C=O) groups excluding carboxylic acids is 1. The number of aromatic nitrogens is 3. The summed E-state index contributed by atoms with van der Waals surface area (Å²) in [5.41, 5.74) is 0. The summed E-state index contributed by atoms with van der Waals surface area (Å²) >= 11 is 1.28. The zero-order valence-electron chi connectivity index (χ0n) is 6.30. The van der Waals surface area contributed by atoms with E-state index in [1.165, 1.54) is 17.7 Å². The molecule has 7 heteroatoms. The molecule has 0 aliphatic rings. The number of rotatable bonds is 3. The Kier molecular flexibility index (Phi) is 2.01. The van der Waals surface area contributed by atoms with Gasteiger partial charge in [-0.2, -0.15) is 4.98 Å². The molecule has 2 rings (SSSR count). The van der Waals surface area contributed by atoms with Gasteiger partial charge in [0.15, 0.2) is 5.13 Å². The predicted octanol–water partition coefficient (Wildman–Crippen LogP) is 0.761. The van der Waals surface area contributed by atoms with Crippen molar-refractivity contribution < 1.29 is 9.32 Å². The topological polar surface area (TPSA) is 80.9 Å². The normalized spacial score (nSPS) is 9.85. The van der Waals surface area contributed by atoms with Crippen LogP contribution in [0.2, 0.25) is 0 Å². The van der Waals surface area contributed by atoms with E-state index in [4.69, 9.17) is 0 Å². The highest BCUT2D eigenvalue weighted by Crippen LogP contribution is 2.25. The maximum atomic E-state index is 10.1. The lowest BCUT2D eigenvalue weighted by Gasteiger charge is -1.85. The van der Waals surface area contributed by atoms with Crippen LogP contribution in [0.15, 0.2) is 17.1 Å². The highest BCUT2D eigenvalue weighted by molar-refractivity contribution is 7.18. The summed E-state index contributed by atoms with van der Waals surface area (Å²) in [7, 11) is 0. The van der Waals surface area contributed by atoms with Gasteiger partial charge in [0.2, 0.25) is 18.6 Å². The third kappa shape index (κ3) is 1.54. The van der Waals surface area contributed by atoms with Gasteiger partial charge in [-0.1, -0.05) is 16.5 Å². The standard InChI is InChI=1S/C6H4N4O2S/c11-2-8-6-7-1-4(13-6)5-9-3-12-10-5/h1-3H,(H,7,8,11). The average molecular weight is 196 g/mol. The van der Waals surface area contributed by atoms with Gasteiger partial charge < -0.3 is 9.84 Å². The molecule has 0 atom stereocenters.